The lowest BCUT2D eigenvalue weighted by molar-refractivity contribution is -0.161. The van der Waals surface area contributed by atoms with E-state index in [0.29, 0.717) is 25.7 Å². The zero-order valence-corrected chi connectivity index (χ0v) is 63.2. The highest BCUT2D eigenvalue weighted by molar-refractivity contribution is 7.47. The SMILES string of the molecule is CCCCCC/C=C\C=C/CCCCCCCC(=O)OC[C@H](COP(=O)(O)OC[C@@H](O)COP(=O)(O)OC[C@@H](COC(=O)CCCCCCCCCCC(C)C)OC(=O)CCCCCCCCCCCCCC)OC(=O)CCCCCCCCCCCCCCCCC(C)C. The largest absolute Gasteiger partial charge is 0.472 e. The number of aliphatic hydroxyl groups excluding tert-OH is 1. The molecule has 0 aliphatic rings. The standard InChI is InChI=1S/C76H144O17P2/c1-7-9-11-13-15-17-19-21-22-26-30-33-40-46-52-58-73(78)86-64-71(92-76(81)61-55-49-43-35-31-27-24-23-25-28-32-38-44-50-56-68(3)4)66-90-94(82,83)88-62-70(77)63-89-95(84,85)91-67-72(65-87-74(79)59-53-47-41-37-36-39-45-51-57-69(5)6)93-75(80)60-54-48-42-34-29-20-18-16-14-12-10-8-2/h17,19,21-22,68-72,77H,7-16,18,20,23-67H2,1-6H3,(H,82,83)(H,84,85)/b19-17-,22-21-/t70-,71-,72-/m1/s1. The van der Waals surface area contributed by atoms with Crippen LogP contribution in [-0.2, 0) is 65.4 Å². The van der Waals surface area contributed by atoms with Gasteiger partial charge in [-0.05, 0) is 63.2 Å². The molecule has 2 unspecified atom stereocenters. The van der Waals surface area contributed by atoms with Crippen LogP contribution < -0.4 is 0 Å². The van der Waals surface area contributed by atoms with Crippen LogP contribution in [0, 0.1) is 11.8 Å². The molecular weight excluding hydrogens is 1250 g/mol. The van der Waals surface area contributed by atoms with Crippen molar-refractivity contribution in [2.75, 3.05) is 39.6 Å². The molecule has 0 amide bonds. The fourth-order valence-electron chi connectivity index (χ4n) is 11.1. The van der Waals surface area contributed by atoms with Crippen molar-refractivity contribution >= 4 is 39.5 Å². The van der Waals surface area contributed by atoms with E-state index >= 15 is 0 Å². The number of phosphoric acid groups is 2. The molecule has 0 aromatic heterocycles. The summed E-state index contributed by atoms with van der Waals surface area (Å²) in [4.78, 5) is 72.8. The molecule has 0 aliphatic heterocycles. The average Bonchev–Trinajstić information content (AvgIpc) is 2.37. The minimum atomic E-state index is -4.96. The van der Waals surface area contributed by atoms with Crippen molar-refractivity contribution in [1.29, 1.82) is 0 Å². The van der Waals surface area contributed by atoms with Gasteiger partial charge in [0.1, 0.15) is 19.3 Å². The molecule has 17 nitrogen and oxygen atoms in total. The Morgan fingerprint density at radius 3 is 0.863 bits per heavy atom. The molecule has 95 heavy (non-hydrogen) atoms. The number of esters is 4. The maximum Gasteiger partial charge on any atom is 0.472 e. The second-order valence-electron chi connectivity index (χ2n) is 27.7. The van der Waals surface area contributed by atoms with E-state index in [1.165, 1.54) is 167 Å². The van der Waals surface area contributed by atoms with Gasteiger partial charge < -0.3 is 33.8 Å². The molecule has 0 bridgehead atoms. The second kappa shape index (κ2) is 67.4. The van der Waals surface area contributed by atoms with Crippen molar-refractivity contribution in [2.24, 2.45) is 11.8 Å². The predicted octanol–water partition coefficient (Wildman–Crippen LogP) is 21.9. The van der Waals surface area contributed by atoms with Gasteiger partial charge in [-0.2, -0.15) is 0 Å². The molecular formula is C76H144O17P2. The molecule has 0 saturated heterocycles. The first-order chi connectivity index (χ1) is 45.9. The van der Waals surface area contributed by atoms with Gasteiger partial charge in [0.15, 0.2) is 12.2 Å². The summed E-state index contributed by atoms with van der Waals surface area (Å²) in [6.07, 6.45) is 57.6. The van der Waals surface area contributed by atoms with Crippen LogP contribution in [0.2, 0.25) is 0 Å². The molecule has 560 valence electrons. The summed E-state index contributed by atoms with van der Waals surface area (Å²) in [6, 6.07) is 0. The Balaban J connectivity index is 5.29. The van der Waals surface area contributed by atoms with E-state index in [1.807, 2.05) is 0 Å². The number of rotatable bonds is 73. The highest BCUT2D eigenvalue weighted by Gasteiger charge is 2.30. The molecule has 0 fully saturated rings. The van der Waals surface area contributed by atoms with E-state index < -0.39 is 97.5 Å². The van der Waals surface area contributed by atoms with Crippen molar-refractivity contribution < 1.29 is 80.2 Å². The lowest BCUT2D eigenvalue weighted by atomic mass is 10.0. The second-order valence-corrected chi connectivity index (χ2v) is 30.6. The maximum absolute atomic E-state index is 13.1. The first kappa shape index (κ1) is 92.5. The minimum Gasteiger partial charge on any atom is -0.462 e. The molecule has 0 aromatic rings. The van der Waals surface area contributed by atoms with E-state index in [1.54, 1.807) is 0 Å². The number of aliphatic hydroxyl groups is 1. The Bertz CT molecular complexity index is 1930. The van der Waals surface area contributed by atoms with Gasteiger partial charge in [0.2, 0.25) is 0 Å². The Morgan fingerprint density at radius 1 is 0.326 bits per heavy atom. The molecule has 0 spiro atoms. The van der Waals surface area contributed by atoms with E-state index in [4.69, 9.17) is 37.0 Å². The van der Waals surface area contributed by atoms with E-state index in [9.17, 15) is 43.2 Å². The zero-order chi connectivity index (χ0) is 70.0. The van der Waals surface area contributed by atoms with Crippen LogP contribution in [0.4, 0.5) is 0 Å². The van der Waals surface area contributed by atoms with Gasteiger partial charge in [-0.15, -0.1) is 0 Å². The number of phosphoric ester groups is 2. The van der Waals surface area contributed by atoms with Crippen LogP contribution in [0.15, 0.2) is 24.3 Å². The molecule has 3 N–H and O–H groups in total. The summed E-state index contributed by atoms with van der Waals surface area (Å²) >= 11 is 0. The van der Waals surface area contributed by atoms with Crippen molar-refractivity contribution in [3.8, 4) is 0 Å². The number of carbonyl (C=O) groups is 4. The minimum absolute atomic E-state index is 0.101. The van der Waals surface area contributed by atoms with Crippen LogP contribution >= 0.6 is 15.6 Å². The normalized spacial score (nSPS) is 14.2. The van der Waals surface area contributed by atoms with Crippen LogP contribution in [0.3, 0.4) is 0 Å². The first-order valence-corrected chi connectivity index (χ1v) is 41.8. The van der Waals surface area contributed by atoms with Crippen LogP contribution in [0.25, 0.3) is 0 Å². The molecule has 5 atom stereocenters. The lowest BCUT2D eigenvalue weighted by Crippen LogP contribution is -2.30. The summed E-state index contributed by atoms with van der Waals surface area (Å²) in [5.74, 6) is -0.628. The number of hydrogen-bond acceptors (Lipinski definition) is 15. The van der Waals surface area contributed by atoms with Gasteiger partial charge >= 0.3 is 39.5 Å². The van der Waals surface area contributed by atoms with Gasteiger partial charge in [0.25, 0.3) is 0 Å². The van der Waals surface area contributed by atoms with Crippen molar-refractivity contribution in [3.05, 3.63) is 24.3 Å². The summed E-state index contributed by atoms with van der Waals surface area (Å²) in [7, 11) is -9.92. The third-order valence-corrected chi connectivity index (χ3v) is 19.0. The fourth-order valence-corrected chi connectivity index (χ4v) is 12.7. The smallest absolute Gasteiger partial charge is 0.462 e. The third-order valence-electron chi connectivity index (χ3n) is 17.1. The Labute approximate surface area is 580 Å². The predicted molar refractivity (Wildman–Crippen MR) is 386 cm³/mol. The Kier molecular flexibility index (Phi) is 65.6. The van der Waals surface area contributed by atoms with Crippen LogP contribution in [0.1, 0.15) is 369 Å². The van der Waals surface area contributed by atoms with Gasteiger partial charge in [0.05, 0.1) is 26.4 Å². The molecule has 0 aliphatic carbocycles. The van der Waals surface area contributed by atoms with Crippen LogP contribution in [-0.4, -0.2) is 96.7 Å². The number of unbranched alkanes of at least 4 members (excludes halogenated alkanes) is 40. The van der Waals surface area contributed by atoms with Gasteiger partial charge in [-0.3, -0.25) is 37.3 Å². The van der Waals surface area contributed by atoms with E-state index in [2.05, 4.69) is 65.8 Å². The summed E-state index contributed by atoms with van der Waals surface area (Å²) in [6.45, 7) is 9.51. The number of hydrogen-bond donors (Lipinski definition) is 3. The third kappa shape index (κ3) is 69.8. The zero-order valence-electron chi connectivity index (χ0n) is 61.5. The topological polar surface area (TPSA) is 237 Å². The molecule has 0 aromatic carbocycles. The highest BCUT2D eigenvalue weighted by Crippen LogP contribution is 2.45. The van der Waals surface area contributed by atoms with Crippen LogP contribution in [0.5, 0.6) is 0 Å². The van der Waals surface area contributed by atoms with E-state index in [-0.39, 0.29) is 25.7 Å². The summed E-state index contributed by atoms with van der Waals surface area (Å²) in [5.41, 5.74) is 0. The quantitative estimate of drug-likeness (QED) is 0.0169. The van der Waals surface area contributed by atoms with Gasteiger partial charge in [-0.1, -0.05) is 316 Å². The lowest BCUT2D eigenvalue weighted by Gasteiger charge is -2.21. The average molecular weight is 1390 g/mol. The maximum atomic E-state index is 13.1. The molecule has 0 radical (unpaired) electrons. The van der Waals surface area contributed by atoms with Gasteiger partial charge in [-0.25, -0.2) is 9.13 Å². The molecule has 0 rings (SSSR count). The van der Waals surface area contributed by atoms with Crippen molar-refractivity contribution in [3.63, 3.8) is 0 Å². The molecule has 0 saturated carbocycles. The number of carbonyl (C=O) groups excluding carboxylic acids is 4. The fraction of sp³-hybridized carbons (Fsp3) is 0.895. The highest BCUT2D eigenvalue weighted by atomic mass is 31.2. The van der Waals surface area contributed by atoms with E-state index in [0.717, 1.165) is 121 Å². The number of allylic oxidation sites excluding steroid dienone is 4. The molecule has 0 heterocycles. The summed E-state index contributed by atoms with van der Waals surface area (Å²) in [5, 5.41) is 10.6. The van der Waals surface area contributed by atoms with Crippen molar-refractivity contribution in [1.82, 2.24) is 0 Å². The Morgan fingerprint density at radius 2 is 0.568 bits per heavy atom. The van der Waals surface area contributed by atoms with Gasteiger partial charge in [0, 0.05) is 25.7 Å². The Hall–Kier alpha value is -2.46. The number of ether oxygens (including phenoxy) is 4. The first-order valence-electron chi connectivity index (χ1n) is 38.8. The summed E-state index contributed by atoms with van der Waals surface area (Å²) < 4.78 is 68.5. The van der Waals surface area contributed by atoms with Crippen molar-refractivity contribution in [2.45, 2.75) is 387 Å². The molecule has 19 heteroatoms. The monoisotopic (exact) mass is 1390 g/mol.